The first-order valence-electron chi connectivity index (χ1n) is 4.95. The van der Waals surface area contributed by atoms with Crippen molar-refractivity contribution in [2.45, 2.75) is 13.0 Å². The number of rotatable bonds is 3. The van der Waals surface area contributed by atoms with Crippen LogP contribution < -0.4 is 11.1 Å². The summed E-state index contributed by atoms with van der Waals surface area (Å²) in [5, 5.41) is 3.19. The van der Waals surface area contributed by atoms with Crippen LogP contribution in [0.3, 0.4) is 0 Å². The average molecular weight is 205 g/mol. The molecule has 2 aromatic rings. The summed E-state index contributed by atoms with van der Waals surface area (Å²) >= 11 is 0. The standard InChI is InChI=1S/C10H15N5/c1-7(11)6-13-10-14-9-8(15(10)2)4-3-5-12-9/h3-5,7H,6,11H2,1-2H3,(H,12,13,14). The van der Waals surface area contributed by atoms with Gasteiger partial charge in [0, 0.05) is 25.8 Å². The van der Waals surface area contributed by atoms with Gasteiger partial charge in [0.05, 0.1) is 5.52 Å². The molecule has 0 aromatic carbocycles. The Balaban J connectivity index is 2.32. The molecule has 15 heavy (non-hydrogen) atoms. The Hall–Kier alpha value is -1.62. The maximum absolute atomic E-state index is 5.67. The number of imidazole rings is 1. The highest BCUT2D eigenvalue weighted by Gasteiger charge is 2.07. The molecule has 3 N–H and O–H groups in total. The molecule has 80 valence electrons. The van der Waals surface area contributed by atoms with Gasteiger partial charge in [-0.15, -0.1) is 0 Å². The molecule has 0 saturated carbocycles. The molecule has 2 rings (SSSR count). The molecule has 5 nitrogen and oxygen atoms in total. The van der Waals surface area contributed by atoms with Gasteiger partial charge in [-0.05, 0) is 19.1 Å². The highest BCUT2D eigenvalue weighted by molar-refractivity contribution is 5.74. The van der Waals surface area contributed by atoms with E-state index in [1.54, 1.807) is 6.20 Å². The number of nitrogens with zero attached hydrogens (tertiary/aromatic N) is 3. The van der Waals surface area contributed by atoms with Crippen molar-refractivity contribution in [3.8, 4) is 0 Å². The lowest BCUT2D eigenvalue weighted by Gasteiger charge is -2.07. The summed E-state index contributed by atoms with van der Waals surface area (Å²) in [7, 11) is 1.96. The molecule has 2 heterocycles. The number of aromatic nitrogens is 3. The van der Waals surface area contributed by atoms with Crippen LogP contribution in [0, 0.1) is 0 Å². The Morgan fingerprint density at radius 2 is 2.40 bits per heavy atom. The number of fused-ring (bicyclic) bond motifs is 1. The fourth-order valence-corrected chi connectivity index (χ4v) is 1.44. The van der Waals surface area contributed by atoms with Crippen LogP contribution in [0.5, 0.6) is 0 Å². The third kappa shape index (κ3) is 1.92. The smallest absolute Gasteiger partial charge is 0.205 e. The summed E-state index contributed by atoms with van der Waals surface area (Å²) in [5.41, 5.74) is 7.44. The quantitative estimate of drug-likeness (QED) is 0.775. The summed E-state index contributed by atoms with van der Waals surface area (Å²) in [6.07, 6.45) is 1.74. The zero-order valence-corrected chi connectivity index (χ0v) is 8.94. The van der Waals surface area contributed by atoms with E-state index in [1.807, 2.05) is 30.7 Å². The molecular weight excluding hydrogens is 190 g/mol. The third-order valence-electron chi connectivity index (χ3n) is 2.24. The van der Waals surface area contributed by atoms with Gasteiger partial charge in [0.2, 0.25) is 5.95 Å². The Bertz CT molecular complexity index is 460. The predicted octanol–water partition coefficient (Wildman–Crippen LogP) is 0.727. The molecule has 0 saturated heterocycles. The van der Waals surface area contributed by atoms with Gasteiger partial charge in [-0.3, -0.25) is 0 Å². The van der Waals surface area contributed by atoms with Gasteiger partial charge in [-0.25, -0.2) is 4.98 Å². The van der Waals surface area contributed by atoms with Crippen LogP contribution in [-0.2, 0) is 7.05 Å². The molecular formula is C10H15N5. The van der Waals surface area contributed by atoms with Crippen LogP contribution in [0.4, 0.5) is 5.95 Å². The number of hydrogen-bond donors (Lipinski definition) is 2. The second-order valence-corrected chi connectivity index (χ2v) is 3.70. The van der Waals surface area contributed by atoms with Gasteiger partial charge in [0.1, 0.15) is 0 Å². The molecule has 0 bridgehead atoms. The molecule has 0 spiro atoms. The van der Waals surface area contributed by atoms with E-state index in [-0.39, 0.29) is 6.04 Å². The van der Waals surface area contributed by atoms with Crippen LogP contribution >= 0.6 is 0 Å². The van der Waals surface area contributed by atoms with E-state index < -0.39 is 0 Å². The van der Waals surface area contributed by atoms with E-state index in [4.69, 9.17) is 5.73 Å². The number of anilines is 1. The summed E-state index contributed by atoms with van der Waals surface area (Å²) in [4.78, 5) is 8.56. The summed E-state index contributed by atoms with van der Waals surface area (Å²) < 4.78 is 1.98. The maximum Gasteiger partial charge on any atom is 0.205 e. The van der Waals surface area contributed by atoms with Crippen LogP contribution in [0.25, 0.3) is 11.2 Å². The zero-order chi connectivity index (χ0) is 10.8. The van der Waals surface area contributed by atoms with E-state index in [0.717, 1.165) is 17.1 Å². The lowest BCUT2D eigenvalue weighted by atomic mass is 10.4. The topological polar surface area (TPSA) is 68.8 Å². The summed E-state index contributed by atoms with van der Waals surface area (Å²) in [6, 6.07) is 4.00. The second kappa shape index (κ2) is 3.86. The Kier molecular flexibility index (Phi) is 2.55. The molecule has 0 aliphatic heterocycles. The number of pyridine rings is 1. The maximum atomic E-state index is 5.67. The largest absolute Gasteiger partial charge is 0.354 e. The lowest BCUT2D eigenvalue weighted by molar-refractivity contribution is 0.767. The fraction of sp³-hybridized carbons (Fsp3) is 0.400. The van der Waals surface area contributed by atoms with Gasteiger partial charge >= 0.3 is 0 Å². The van der Waals surface area contributed by atoms with Crippen molar-refractivity contribution in [2.24, 2.45) is 12.8 Å². The molecule has 1 atom stereocenters. The monoisotopic (exact) mass is 205 g/mol. The van der Waals surface area contributed by atoms with Crippen molar-refractivity contribution in [3.63, 3.8) is 0 Å². The van der Waals surface area contributed by atoms with Crippen LogP contribution in [0.15, 0.2) is 18.3 Å². The van der Waals surface area contributed by atoms with Gasteiger partial charge in [0.15, 0.2) is 5.65 Å². The van der Waals surface area contributed by atoms with Crippen molar-refractivity contribution in [2.75, 3.05) is 11.9 Å². The minimum atomic E-state index is 0.109. The minimum absolute atomic E-state index is 0.109. The van der Waals surface area contributed by atoms with Crippen molar-refractivity contribution in [3.05, 3.63) is 18.3 Å². The highest BCUT2D eigenvalue weighted by atomic mass is 15.2. The van der Waals surface area contributed by atoms with E-state index in [0.29, 0.717) is 6.54 Å². The predicted molar refractivity (Wildman–Crippen MR) is 60.6 cm³/mol. The summed E-state index contributed by atoms with van der Waals surface area (Å²) in [6.45, 7) is 2.66. The molecule has 1 unspecified atom stereocenters. The minimum Gasteiger partial charge on any atom is -0.354 e. The Labute approximate surface area is 88.3 Å². The first-order chi connectivity index (χ1) is 7.18. The van der Waals surface area contributed by atoms with E-state index in [9.17, 15) is 0 Å². The average Bonchev–Trinajstić information content (AvgIpc) is 2.54. The number of aryl methyl sites for hydroxylation is 1. The number of nitrogens with one attached hydrogen (secondary N) is 1. The SMILES string of the molecule is CC(N)CNc1nc2ncccc2n1C. The third-order valence-corrected chi connectivity index (χ3v) is 2.24. The van der Waals surface area contributed by atoms with Gasteiger partial charge in [-0.1, -0.05) is 0 Å². The van der Waals surface area contributed by atoms with Gasteiger partial charge in [-0.2, -0.15) is 4.98 Å². The Morgan fingerprint density at radius 1 is 1.60 bits per heavy atom. The van der Waals surface area contributed by atoms with Gasteiger partial charge < -0.3 is 15.6 Å². The van der Waals surface area contributed by atoms with Crippen LogP contribution in [0.2, 0.25) is 0 Å². The summed E-state index contributed by atoms with van der Waals surface area (Å²) in [5.74, 6) is 0.806. The normalized spacial score (nSPS) is 13.0. The van der Waals surface area contributed by atoms with E-state index in [2.05, 4.69) is 15.3 Å². The highest BCUT2D eigenvalue weighted by Crippen LogP contribution is 2.14. The Morgan fingerprint density at radius 3 is 3.07 bits per heavy atom. The lowest BCUT2D eigenvalue weighted by Crippen LogP contribution is -2.26. The molecule has 0 fully saturated rings. The van der Waals surface area contributed by atoms with Crippen molar-refractivity contribution in [1.82, 2.24) is 14.5 Å². The van der Waals surface area contributed by atoms with Gasteiger partial charge in [0.25, 0.3) is 0 Å². The molecule has 0 aliphatic carbocycles. The van der Waals surface area contributed by atoms with Crippen molar-refractivity contribution >= 4 is 17.1 Å². The zero-order valence-electron chi connectivity index (χ0n) is 8.94. The first kappa shape index (κ1) is 9.92. The molecule has 5 heteroatoms. The molecule has 0 aliphatic rings. The van der Waals surface area contributed by atoms with E-state index in [1.165, 1.54) is 0 Å². The number of nitrogens with two attached hydrogens (primary N) is 1. The van der Waals surface area contributed by atoms with Crippen molar-refractivity contribution in [1.29, 1.82) is 0 Å². The number of hydrogen-bond acceptors (Lipinski definition) is 4. The van der Waals surface area contributed by atoms with Crippen LogP contribution in [-0.4, -0.2) is 27.1 Å². The second-order valence-electron chi connectivity index (χ2n) is 3.70. The van der Waals surface area contributed by atoms with Crippen molar-refractivity contribution < 1.29 is 0 Å². The fourth-order valence-electron chi connectivity index (χ4n) is 1.44. The first-order valence-corrected chi connectivity index (χ1v) is 4.95. The van der Waals surface area contributed by atoms with Crippen LogP contribution in [0.1, 0.15) is 6.92 Å². The molecule has 0 radical (unpaired) electrons. The van der Waals surface area contributed by atoms with E-state index >= 15 is 0 Å². The molecule has 2 aromatic heterocycles. The molecule has 0 amide bonds.